The van der Waals surface area contributed by atoms with Gasteiger partial charge in [0.2, 0.25) is 5.91 Å². The molecule has 0 radical (unpaired) electrons. The molecule has 2 saturated heterocycles. The molecule has 0 spiro atoms. The van der Waals surface area contributed by atoms with E-state index in [2.05, 4.69) is 0 Å². The Kier molecular flexibility index (Phi) is 5.12. The first-order chi connectivity index (χ1) is 13.4. The monoisotopic (exact) mass is 393 g/mol. The third-order valence-electron chi connectivity index (χ3n) is 6.80. The lowest BCUT2D eigenvalue weighted by Crippen LogP contribution is -2.54. The molecule has 3 fully saturated rings. The van der Waals surface area contributed by atoms with Gasteiger partial charge in [-0.3, -0.25) is 9.59 Å². The molecular weight excluding hydrogens is 368 g/mol. The van der Waals surface area contributed by atoms with E-state index in [1.165, 1.54) is 18.2 Å². The summed E-state index contributed by atoms with van der Waals surface area (Å²) in [5, 5.41) is 9.36. The lowest BCUT2D eigenvalue weighted by molar-refractivity contribution is -0.147. The SMILES string of the molecule is O=C(O)C1CCO[C@H]1C1CCN(C(=O)C2(c3c(F)cccc3F)CCC2)CC1. The third kappa shape index (κ3) is 3.09. The van der Waals surface area contributed by atoms with Gasteiger partial charge in [0.05, 0.1) is 17.4 Å². The van der Waals surface area contributed by atoms with Crippen molar-refractivity contribution in [1.82, 2.24) is 4.90 Å². The quantitative estimate of drug-likeness (QED) is 0.854. The van der Waals surface area contributed by atoms with Crippen LogP contribution in [-0.2, 0) is 19.7 Å². The Bertz CT molecular complexity index is 751. The molecule has 1 N–H and O–H groups in total. The Morgan fingerprint density at radius 1 is 1.11 bits per heavy atom. The standard InChI is InChI=1S/C21H25F2NO4/c22-15-3-1-4-16(23)17(15)21(8-2-9-21)20(27)24-10-5-13(6-11-24)18-14(19(25)26)7-12-28-18/h1,3-4,13-14,18H,2,5-12H2,(H,25,26)/t14?,18-/m0/s1. The number of carboxylic acid groups (broad SMARTS) is 1. The molecule has 1 unspecified atom stereocenters. The van der Waals surface area contributed by atoms with Gasteiger partial charge in [-0.25, -0.2) is 8.78 Å². The fourth-order valence-electron chi connectivity index (χ4n) is 5.13. The van der Waals surface area contributed by atoms with Gasteiger partial charge in [0, 0.05) is 25.3 Å². The number of carbonyl (C=O) groups excluding carboxylic acids is 1. The Morgan fingerprint density at radius 3 is 2.29 bits per heavy atom. The van der Waals surface area contributed by atoms with E-state index in [4.69, 9.17) is 4.74 Å². The minimum absolute atomic E-state index is 0.0928. The molecule has 5 nitrogen and oxygen atoms in total. The van der Waals surface area contributed by atoms with Crippen molar-refractivity contribution in [1.29, 1.82) is 0 Å². The van der Waals surface area contributed by atoms with Crippen molar-refractivity contribution >= 4 is 11.9 Å². The summed E-state index contributed by atoms with van der Waals surface area (Å²) in [5.74, 6) is -2.75. The molecule has 2 heterocycles. The van der Waals surface area contributed by atoms with Crippen LogP contribution in [0.3, 0.4) is 0 Å². The molecule has 28 heavy (non-hydrogen) atoms. The van der Waals surface area contributed by atoms with Gasteiger partial charge in [-0.1, -0.05) is 12.5 Å². The number of amides is 1. The number of rotatable bonds is 4. The van der Waals surface area contributed by atoms with Crippen LogP contribution >= 0.6 is 0 Å². The number of carboxylic acids is 1. The molecule has 2 aliphatic heterocycles. The van der Waals surface area contributed by atoms with Gasteiger partial charge in [0.1, 0.15) is 11.6 Å². The van der Waals surface area contributed by atoms with Crippen LogP contribution in [0.5, 0.6) is 0 Å². The van der Waals surface area contributed by atoms with Crippen molar-refractivity contribution in [3.63, 3.8) is 0 Å². The maximum atomic E-state index is 14.4. The maximum absolute atomic E-state index is 14.4. The van der Waals surface area contributed by atoms with Gasteiger partial charge in [-0.2, -0.15) is 0 Å². The van der Waals surface area contributed by atoms with E-state index in [9.17, 15) is 23.5 Å². The van der Waals surface area contributed by atoms with Crippen LogP contribution in [0.2, 0.25) is 0 Å². The van der Waals surface area contributed by atoms with Crippen LogP contribution in [0.25, 0.3) is 0 Å². The maximum Gasteiger partial charge on any atom is 0.309 e. The van der Waals surface area contributed by atoms with Gasteiger partial charge >= 0.3 is 5.97 Å². The van der Waals surface area contributed by atoms with Crippen LogP contribution in [-0.4, -0.2) is 47.7 Å². The van der Waals surface area contributed by atoms with E-state index in [-0.39, 0.29) is 23.5 Å². The van der Waals surface area contributed by atoms with Crippen molar-refractivity contribution in [2.45, 2.75) is 50.0 Å². The highest BCUT2D eigenvalue weighted by Gasteiger charge is 2.51. The number of carbonyl (C=O) groups is 2. The summed E-state index contributed by atoms with van der Waals surface area (Å²) in [5.41, 5.74) is -1.20. The number of benzene rings is 1. The molecule has 4 rings (SSSR count). The lowest BCUT2D eigenvalue weighted by atomic mass is 9.63. The van der Waals surface area contributed by atoms with Crippen LogP contribution < -0.4 is 0 Å². The number of hydrogen-bond acceptors (Lipinski definition) is 3. The van der Waals surface area contributed by atoms with Crippen molar-refractivity contribution in [2.24, 2.45) is 11.8 Å². The second-order valence-electron chi connectivity index (χ2n) is 8.23. The zero-order chi connectivity index (χ0) is 19.9. The number of hydrogen-bond donors (Lipinski definition) is 1. The average Bonchev–Trinajstić information content (AvgIpc) is 3.13. The molecule has 152 valence electrons. The number of aliphatic carboxylic acids is 1. The summed E-state index contributed by atoms with van der Waals surface area (Å²) in [6.07, 6.45) is 3.19. The summed E-state index contributed by atoms with van der Waals surface area (Å²) < 4.78 is 34.5. The fourth-order valence-corrected chi connectivity index (χ4v) is 5.13. The summed E-state index contributed by atoms with van der Waals surface area (Å²) in [7, 11) is 0. The highest BCUT2D eigenvalue weighted by Crippen LogP contribution is 2.47. The molecule has 1 aromatic carbocycles. The smallest absolute Gasteiger partial charge is 0.309 e. The predicted octanol–water partition coefficient (Wildman–Crippen LogP) is 3.11. The number of likely N-dealkylation sites (tertiary alicyclic amines) is 1. The molecule has 1 aromatic rings. The highest BCUT2D eigenvalue weighted by molar-refractivity contribution is 5.89. The summed E-state index contributed by atoms with van der Waals surface area (Å²) in [6, 6.07) is 3.74. The van der Waals surface area contributed by atoms with Crippen molar-refractivity contribution < 1.29 is 28.2 Å². The highest BCUT2D eigenvalue weighted by atomic mass is 19.1. The Balaban J connectivity index is 1.47. The Morgan fingerprint density at radius 2 is 1.75 bits per heavy atom. The summed E-state index contributed by atoms with van der Waals surface area (Å²) >= 11 is 0. The molecule has 2 atom stereocenters. The van der Waals surface area contributed by atoms with Crippen LogP contribution in [0, 0.1) is 23.5 Å². The summed E-state index contributed by atoms with van der Waals surface area (Å²) in [4.78, 5) is 26.4. The van der Waals surface area contributed by atoms with Crippen LogP contribution in [0.15, 0.2) is 18.2 Å². The minimum atomic E-state index is -1.10. The largest absolute Gasteiger partial charge is 0.481 e. The molecule has 0 aromatic heterocycles. The zero-order valence-electron chi connectivity index (χ0n) is 15.7. The van der Waals surface area contributed by atoms with E-state index in [1.54, 1.807) is 4.90 Å². The van der Waals surface area contributed by atoms with Gasteiger partial charge in [-0.05, 0) is 50.2 Å². The number of halogens is 2. The predicted molar refractivity (Wildman–Crippen MR) is 96.7 cm³/mol. The first kappa shape index (κ1) is 19.3. The third-order valence-corrected chi connectivity index (χ3v) is 6.80. The number of piperidine rings is 1. The second-order valence-corrected chi connectivity index (χ2v) is 8.23. The average molecular weight is 393 g/mol. The molecule has 0 bridgehead atoms. The van der Waals surface area contributed by atoms with E-state index < -0.39 is 28.9 Å². The topological polar surface area (TPSA) is 66.8 Å². The lowest BCUT2D eigenvalue weighted by Gasteiger charge is -2.46. The van der Waals surface area contributed by atoms with E-state index in [1.807, 2.05) is 0 Å². The van der Waals surface area contributed by atoms with Crippen LogP contribution in [0.4, 0.5) is 8.78 Å². The molecule has 1 aliphatic carbocycles. The summed E-state index contributed by atoms with van der Waals surface area (Å²) in [6.45, 7) is 1.39. The second kappa shape index (κ2) is 7.43. The minimum Gasteiger partial charge on any atom is -0.481 e. The number of ether oxygens (including phenoxy) is 1. The van der Waals surface area contributed by atoms with E-state index in [0.29, 0.717) is 51.8 Å². The van der Waals surface area contributed by atoms with Crippen molar-refractivity contribution in [2.75, 3.05) is 19.7 Å². The zero-order valence-corrected chi connectivity index (χ0v) is 15.7. The molecule has 3 aliphatic rings. The van der Waals surface area contributed by atoms with Crippen LogP contribution in [0.1, 0.15) is 44.1 Å². The normalized spacial score (nSPS) is 27.4. The Labute approximate surface area is 162 Å². The van der Waals surface area contributed by atoms with Gasteiger partial charge in [0.15, 0.2) is 0 Å². The first-order valence-electron chi connectivity index (χ1n) is 10.0. The van der Waals surface area contributed by atoms with Crippen molar-refractivity contribution in [3.8, 4) is 0 Å². The van der Waals surface area contributed by atoms with Gasteiger partial charge in [-0.15, -0.1) is 0 Å². The fraction of sp³-hybridized carbons (Fsp3) is 0.619. The van der Waals surface area contributed by atoms with E-state index in [0.717, 1.165) is 6.42 Å². The first-order valence-corrected chi connectivity index (χ1v) is 10.0. The van der Waals surface area contributed by atoms with Gasteiger partial charge < -0.3 is 14.7 Å². The van der Waals surface area contributed by atoms with E-state index >= 15 is 0 Å². The molecule has 1 saturated carbocycles. The Hall–Kier alpha value is -2.02. The molecule has 7 heteroatoms. The number of nitrogens with zero attached hydrogens (tertiary/aromatic N) is 1. The molecular formula is C21H25F2NO4. The van der Waals surface area contributed by atoms with Gasteiger partial charge in [0.25, 0.3) is 0 Å². The molecule has 1 amide bonds. The van der Waals surface area contributed by atoms with Crippen molar-refractivity contribution in [3.05, 3.63) is 35.4 Å².